The Hall–Kier alpha value is -1.47. The maximum atomic E-state index is 11.3. The summed E-state index contributed by atoms with van der Waals surface area (Å²) in [7, 11) is 1.72. The van der Waals surface area contributed by atoms with Crippen LogP contribution in [0.3, 0.4) is 0 Å². The first-order valence-corrected chi connectivity index (χ1v) is 8.40. The van der Waals surface area contributed by atoms with Crippen molar-refractivity contribution in [2.75, 3.05) is 27.9 Å². The molecule has 1 aromatic carbocycles. The highest BCUT2D eigenvalue weighted by Gasteiger charge is 2.47. The molecule has 0 heterocycles. The van der Waals surface area contributed by atoms with Crippen LogP contribution in [0.25, 0.3) is 0 Å². The molecule has 0 fully saturated rings. The molecule has 0 N–H and O–H groups in total. The van der Waals surface area contributed by atoms with Crippen LogP contribution in [0.15, 0.2) is 43.0 Å². The summed E-state index contributed by atoms with van der Waals surface area (Å²) in [5.41, 5.74) is 0.906. The molecule has 1 rings (SSSR count). The van der Waals surface area contributed by atoms with Crippen LogP contribution in [0.4, 0.5) is 0 Å². The molecule has 0 aliphatic carbocycles. The van der Waals surface area contributed by atoms with Crippen LogP contribution in [0.1, 0.15) is 5.56 Å². The molecule has 0 spiro atoms. The fourth-order valence-corrected chi connectivity index (χ4v) is 4.45. The molecule has 116 valence electrons. The van der Waals surface area contributed by atoms with Crippen LogP contribution in [0.5, 0.6) is 0 Å². The van der Waals surface area contributed by atoms with E-state index in [9.17, 15) is 4.79 Å². The van der Waals surface area contributed by atoms with E-state index in [1.54, 1.807) is 21.3 Å². The van der Waals surface area contributed by atoms with Crippen molar-refractivity contribution in [2.45, 2.75) is 12.0 Å². The fourth-order valence-electron chi connectivity index (χ4n) is 2.18. The minimum atomic E-state index is -2.92. The highest BCUT2D eigenvalue weighted by molar-refractivity contribution is 6.62. The standard InChI is InChI=1S/C15H22O5Si/c1-5-15(16)20-12-14(21(17-2,18-3)19-4)11-13-9-7-6-8-10-13/h5-10,14H,1,11-12H2,2-4H3. The van der Waals surface area contributed by atoms with Crippen molar-refractivity contribution < 1.29 is 22.8 Å². The van der Waals surface area contributed by atoms with Gasteiger partial charge >= 0.3 is 14.8 Å². The lowest BCUT2D eigenvalue weighted by Gasteiger charge is -2.32. The Balaban J connectivity index is 2.92. The van der Waals surface area contributed by atoms with Crippen molar-refractivity contribution in [1.82, 2.24) is 0 Å². The van der Waals surface area contributed by atoms with Gasteiger partial charge in [-0.2, -0.15) is 0 Å². The van der Waals surface area contributed by atoms with Crippen LogP contribution >= 0.6 is 0 Å². The highest BCUT2D eigenvalue weighted by Crippen LogP contribution is 2.28. The molecule has 1 unspecified atom stereocenters. The molecule has 21 heavy (non-hydrogen) atoms. The molecule has 6 heteroatoms. The third kappa shape index (κ3) is 4.78. The minimum Gasteiger partial charge on any atom is -0.462 e. The summed E-state index contributed by atoms with van der Waals surface area (Å²) in [6.45, 7) is 3.54. The molecule has 0 saturated heterocycles. The lowest BCUT2D eigenvalue weighted by atomic mass is 10.1. The molecule has 0 aromatic heterocycles. The number of hydrogen-bond donors (Lipinski definition) is 0. The molecule has 0 bridgehead atoms. The Bertz CT molecular complexity index is 436. The summed E-state index contributed by atoms with van der Waals surface area (Å²) in [4.78, 5) is 11.3. The average Bonchev–Trinajstić information content (AvgIpc) is 2.55. The van der Waals surface area contributed by atoms with Gasteiger partial charge in [0, 0.05) is 27.4 Å². The quantitative estimate of drug-likeness (QED) is 0.398. The van der Waals surface area contributed by atoms with Gasteiger partial charge in [0.25, 0.3) is 0 Å². The highest BCUT2D eigenvalue weighted by atomic mass is 28.4. The number of carbonyl (C=O) groups excluding carboxylic acids is 1. The summed E-state index contributed by atoms with van der Waals surface area (Å²) >= 11 is 0. The molecule has 1 atom stereocenters. The van der Waals surface area contributed by atoms with Crippen LogP contribution in [-0.2, 0) is 29.2 Å². The largest absolute Gasteiger partial charge is 0.507 e. The van der Waals surface area contributed by atoms with Crippen molar-refractivity contribution in [3.8, 4) is 0 Å². The maximum Gasteiger partial charge on any atom is 0.507 e. The van der Waals surface area contributed by atoms with E-state index >= 15 is 0 Å². The van der Waals surface area contributed by atoms with Gasteiger partial charge in [0.1, 0.15) is 0 Å². The number of carbonyl (C=O) groups is 1. The number of benzene rings is 1. The first kappa shape index (κ1) is 17.6. The molecule has 0 aliphatic rings. The molecule has 0 amide bonds. The minimum absolute atomic E-state index is 0.154. The van der Waals surface area contributed by atoms with E-state index < -0.39 is 14.8 Å². The zero-order valence-electron chi connectivity index (χ0n) is 12.7. The Morgan fingerprint density at radius 2 is 1.76 bits per heavy atom. The summed E-state index contributed by atoms with van der Waals surface area (Å²) in [5.74, 6) is -0.473. The Morgan fingerprint density at radius 1 is 1.19 bits per heavy atom. The summed E-state index contributed by atoms with van der Waals surface area (Å²) in [6.07, 6.45) is 1.77. The topological polar surface area (TPSA) is 54.0 Å². The Morgan fingerprint density at radius 3 is 2.24 bits per heavy atom. The van der Waals surface area contributed by atoms with Crippen molar-refractivity contribution in [3.63, 3.8) is 0 Å². The number of hydrogen-bond acceptors (Lipinski definition) is 5. The van der Waals surface area contributed by atoms with Gasteiger partial charge in [-0.3, -0.25) is 0 Å². The lowest BCUT2D eigenvalue weighted by molar-refractivity contribution is -0.138. The predicted octanol–water partition coefficient (Wildman–Crippen LogP) is 2.21. The van der Waals surface area contributed by atoms with Gasteiger partial charge in [0.05, 0.1) is 12.1 Å². The normalized spacial score (nSPS) is 12.7. The smallest absolute Gasteiger partial charge is 0.462 e. The molecule has 0 aliphatic heterocycles. The third-order valence-electron chi connectivity index (χ3n) is 3.27. The van der Waals surface area contributed by atoms with Crippen LogP contribution < -0.4 is 0 Å². The fraction of sp³-hybridized carbons (Fsp3) is 0.400. The van der Waals surface area contributed by atoms with Gasteiger partial charge in [-0.15, -0.1) is 0 Å². The molecule has 1 aromatic rings. The maximum absolute atomic E-state index is 11.3. The van der Waals surface area contributed by atoms with Crippen LogP contribution in [0, 0.1) is 0 Å². The Labute approximate surface area is 126 Å². The van der Waals surface area contributed by atoms with E-state index in [0.717, 1.165) is 11.6 Å². The van der Waals surface area contributed by atoms with Crippen LogP contribution in [0.2, 0.25) is 5.54 Å². The van der Waals surface area contributed by atoms with E-state index in [0.29, 0.717) is 6.42 Å². The van der Waals surface area contributed by atoms with E-state index in [4.69, 9.17) is 18.0 Å². The monoisotopic (exact) mass is 310 g/mol. The van der Waals surface area contributed by atoms with Gasteiger partial charge in [-0.1, -0.05) is 36.9 Å². The molecule has 5 nitrogen and oxygen atoms in total. The zero-order chi connectivity index (χ0) is 15.7. The molecule has 0 radical (unpaired) electrons. The van der Waals surface area contributed by atoms with E-state index in [-0.39, 0.29) is 12.1 Å². The first-order valence-electron chi connectivity index (χ1n) is 6.60. The summed E-state index contributed by atoms with van der Waals surface area (Å²) < 4.78 is 21.7. The first-order chi connectivity index (χ1) is 10.1. The third-order valence-corrected chi connectivity index (χ3v) is 6.35. The van der Waals surface area contributed by atoms with Gasteiger partial charge in [0.2, 0.25) is 0 Å². The second kappa shape index (κ2) is 8.73. The average molecular weight is 310 g/mol. The van der Waals surface area contributed by atoms with Crippen molar-refractivity contribution >= 4 is 14.8 Å². The van der Waals surface area contributed by atoms with E-state index in [1.807, 2.05) is 30.3 Å². The SMILES string of the molecule is C=CC(=O)OCC(Cc1ccccc1)[Si](OC)(OC)OC. The Kier molecular flexibility index (Phi) is 7.31. The molecular formula is C15H22O5Si. The van der Waals surface area contributed by atoms with Gasteiger partial charge in [-0.25, -0.2) is 4.79 Å². The number of rotatable bonds is 9. The number of ether oxygens (including phenoxy) is 1. The number of esters is 1. The van der Waals surface area contributed by atoms with Gasteiger partial charge in [-0.05, 0) is 12.0 Å². The van der Waals surface area contributed by atoms with Crippen molar-refractivity contribution in [1.29, 1.82) is 0 Å². The van der Waals surface area contributed by atoms with E-state index in [1.165, 1.54) is 0 Å². The van der Waals surface area contributed by atoms with Crippen LogP contribution in [-0.4, -0.2) is 42.7 Å². The van der Waals surface area contributed by atoms with Gasteiger partial charge in [0.15, 0.2) is 0 Å². The lowest BCUT2D eigenvalue weighted by Crippen LogP contribution is -2.50. The predicted molar refractivity (Wildman–Crippen MR) is 81.8 cm³/mol. The van der Waals surface area contributed by atoms with E-state index in [2.05, 4.69) is 6.58 Å². The summed E-state index contributed by atoms with van der Waals surface area (Å²) in [6, 6.07) is 9.87. The molecular weight excluding hydrogens is 288 g/mol. The zero-order valence-corrected chi connectivity index (χ0v) is 13.7. The van der Waals surface area contributed by atoms with Gasteiger partial charge < -0.3 is 18.0 Å². The van der Waals surface area contributed by atoms with Crippen molar-refractivity contribution in [3.05, 3.63) is 48.6 Å². The second-order valence-corrected chi connectivity index (χ2v) is 7.69. The summed E-state index contributed by atoms with van der Waals surface area (Å²) in [5, 5.41) is 0. The molecule has 0 saturated carbocycles. The second-order valence-electron chi connectivity index (χ2n) is 4.44. The van der Waals surface area contributed by atoms with Crippen molar-refractivity contribution in [2.24, 2.45) is 0 Å².